The monoisotopic (exact) mass is 622 g/mol. The number of benzene rings is 4. The van der Waals surface area contributed by atoms with Crippen LogP contribution in [0.5, 0.6) is 0 Å². The van der Waals surface area contributed by atoms with E-state index in [0.29, 0.717) is 25.9 Å². The molecule has 9 nitrogen and oxygen atoms in total. The van der Waals surface area contributed by atoms with Crippen LogP contribution in [-0.4, -0.2) is 61.2 Å². The van der Waals surface area contributed by atoms with Crippen molar-refractivity contribution in [3.8, 4) is 11.3 Å². The highest BCUT2D eigenvalue weighted by Crippen LogP contribution is 2.46. The molecule has 4 aromatic carbocycles. The number of fused-ring (bicyclic) bond motifs is 1. The fraction of sp³-hybridized carbons (Fsp3) is 0.211. The van der Waals surface area contributed by atoms with Crippen molar-refractivity contribution in [1.29, 1.82) is 0 Å². The fourth-order valence-electron chi connectivity index (χ4n) is 7.67. The van der Waals surface area contributed by atoms with Crippen LogP contribution in [0.25, 0.3) is 22.2 Å². The number of aryl methyl sites for hydroxylation is 1. The maximum Gasteiger partial charge on any atom is 0.407 e. The molecule has 8 rings (SSSR count). The number of hydrogen-bond acceptors (Lipinski definition) is 4. The van der Waals surface area contributed by atoms with Gasteiger partial charge in [0.15, 0.2) is 0 Å². The molecule has 1 atom stereocenters. The molecule has 0 radical (unpaired) electrons. The number of carbonyl (C=O) groups excluding carboxylic acids is 1. The van der Waals surface area contributed by atoms with Gasteiger partial charge in [-0.25, -0.2) is 9.48 Å². The number of amides is 2. The fourth-order valence-corrected chi connectivity index (χ4v) is 7.67. The van der Waals surface area contributed by atoms with E-state index in [1.54, 1.807) is 4.68 Å². The van der Waals surface area contributed by atoms with E-state index in [1.165, 1.54) is 4.90 Å². The summed E-state index contributed by atoms with van der Waals surface area (Å²) in [6.45, 7) is 1.16. The molecule has 1 spiro atoms. The highest BCUT2D eigenvalue weighted by molar-refractivity contribution is 6.03. The Morgan fingerprint density at radius 2 is 1.43 bits per heavy atom. The Labute approximate surface area is 272 Å². The lowest BCUT2D eigenvalue weighted by Gasteiger charge is -2.37. The Morgan fingerprint density at radius 1 is 0.830 bits per heavy atom. The number of likely N-dealkylation sites (tertiary alicyclic amines) is 1. The van der Waals surface area contributed by atoms with E-state index < -0.39 is 17.0 Å². The van der Waals surface area contributed by atoms with Crippen molar-refractivity contribution in [3.63, 3.8) is 0 Å². The third-order valence-corrected chi connectivity index (χ3v) is 9.98. The maximum absolute atomic E-state index is 14.0. The van der Waals surface area contributed by atoms with Crippen LogP contribution in [-0.2, 0) is 17.4 Å². The van der Waals surface area contributed by atoms with Crippen LogP contribution in [0.4, 0.5) is 10.5 Å². The van der Waals surface area contributed by atoms with Gasteiger partial charge in [-0.05, 0) is 47.7 Å². The van der Waals surface area contributed by atoms with Crippen LogP contribution in [0, 0.1) is 5.41 Å². The molecule has 2 aromatic heterocycles. The molecule has 0 bridgehead atoms. The third-order valence-electron chi connectivity index (χ3n) is 9.98. The first-order chi connectivity index (χ1) is 22.9. The molecule has 1 unspecified atom stereocenters. The third kappa shape index (κ3) is 4.45. The van der Waals surface area contributed by atoms with E-state index in [0.717, 1.165) is 44.5 Å². The lowest BCUT2D eigenvalue weighted by molar-refractivity contribution is -0.124. The van der Waals surface area contributed by atoms with Gasteiger partial charge in [-0.3, -0.25) is 9.48 Å². The van der Waals surface area contributed by atoms with E-state index in [4.69, 9.17) is 5.10 Å². The van der Waals surface area contributed by atoms with E-state index in [9.17, 15) is 14.7 Å². The molecule has 2 aliphatic rings. The van der Waals surface area contributed by atoms with Crippen LogP contribution in [0.1, 0.15) is 29.5 Å². The highest BCUT2D eigenvalue weighted by atomic mass is 16.4. The van der Waals surface area contributed by atoms with Crippen molar-refractivity contribution in [2.75, 3.05) is 24.5 Å². The standard InChI is InChI=1S/C38H34N6O3/c1-41-25-27(24-39-41)34-32-23-31(43-22-20-37(35(43)45)19-21-42(26-37)36(46)47)17-18-33(32)44(40-34)38(28-11-5-2-6-12-28,29-13-7-3-8-14-29)30-15-9-4-10-16-30/h2-18,23-25H,19-22,26H2,1H3,(H,46,47). The zero-order chi connectivity index (χ0) is 32.2. The zero-order valence-corrected chi connectivity index (χ0v) is 26.0. The number of aromatic nitrogens is 4. The number of nitrogens with zero attached hydrogens (tertiary/aromatic N) is 6. The van der Waals surface area contributed by atoms with Crippen LogP contribution >= 0.6 is 0 Å². The van der Waals surface area contributed by atoms with Gasteiger partial charge >= 0.3 is 6.09 Å². The lowest BCUT2D eigenvalue weighted by atomic mass is 9.77. The smallest absolute Gasteiger partial charge is 0.407 e. The van der Waals surface area contributed by atoms with Gasteiger partial charge in [0.25, 0.3) is 0 Å². The first-order valence-corrected chi connectivity index (χ1v) is 15.9. The minimum atomic E-state index is -0.971. The molecule has 47 heavy (non-hydrogen) atoms. The Morgan fingerprint density at radius 3 is 1.96 bits per heavy atom. The average Bonchev–Trinajstić information content (AvgIpc) is 3.90. The van der Waals surface area contributed by atoms with E-state index in [-0.39, 0.29) is 12.5 Å². The number of hydrogen-bond donors (Lipinski definition) is 1. The Bertz CT molecular complexity index is 2010. The quantitative estimate of drug-likeness (QED) is 0.218. The van der Waals surface area contributed by atoms with Crippen molar-refractivity contribution in [3.05, 3.63) is 138 Å². The van der Waals surface area contributed by atoms with Crippen LogP contribution < -0.4 is 4.90 Å². The maximum atomic E-state index is 14.0. The average molecular weight is 623 g/mol. The summed E-state index contributed by atoms with van der Waals surface area (Å²) in [7, 11) is 1.89. The molecule has 9 heteroatoms. The molecular weight excluding hydrogens is 588 g/mol. The Hall–Kier alpha value is -5.70. The lowest BCUT2D eigenvalue weighted by Crippen LogP contribution is -2.38. The van der Waals surface area contributed by atoms with Gasteiger partial charge in [0, 0.05) is 49.5 Å². The summed E-state index contributed by atoms with van der Waals surface area (Å²) in [6, 6.07) is 37.5. The second-order valence-corrected chi connectivity index (χ2v) is 12.6. The number of rotatable bonds is 6. The van der Waals surface area contributed by atoms with Crippen LogP contribution in [0.3, 0.4) is 0 Å². The van der Waals surface area contributed by atoms with E-state index in [2.05, 4.69) is 94.7 Å². The van der Waals surface area contributed by atoms with Crippen LogP contribution in [0.15, 0.2) is 122 Å². The zero-order valence-electron chi connectivity index (χ0n) is 26.0. The van der Waals surface area contributed by atoms with Crippen molar-refractivity contribution >= 4 is 28.6 Å². The molecule has 2 amide bonds. The first-order valence-electron chi connectivity index (χ1n) is 15.9. The Kier molecular flexibility index (Phi) is 6.72. The summed E-state index contributed by atoms with van der Waals surface area (Å²) in [6.07, 6.45) is 3.98. The molecular formula is C38H34N6O3. The second kappa shape index (κ2) is 11.0. The van der Waals surface area contributed by atoms with E-state index in [1.807, 2.05) is 48.6 Å². The number of carbonyl (C=O) groups is 2. The van der Waals surface area contributed by atoms with Gasteiger partial charge in [0.05, 0.1) is 17.1 Å². The molecule has 0 saturated carbocycles. The summed E-state index contributed by atoms with van der Waals surface area (Å²) in [5, 5.41) is 20.4. The minimum Gasteiger partial charge on any atom is -0.465 e. The number of carboxylic acid groups (broad SMARTS) is 1. The largest absolute Gasteiger partial charge is 0.465 e. The molecule has 2 aliphatic heterocycles. The summed E-state index contributed by atoms with van der Waals surface area (Å²) in [5.74, 6) is -0.0110. The topological polar surface area (TPSA) is 96.5 Å². The summed E-state index contributed by atoms with van der Waals surface area (Å²) >= 11 is 0. The Balaban J connectivity index is 1.37. The number of anilines is 1. The van der Waals surface area contributed by atoms with Crippen molar-refractivity contribution < 1.29 is 14.7 Å². The second-order valence-electron chi connectivity index (χ2n) is 12.6. The van der Waals surface area contributed by atoms with Crippen molar-refractivity contribution in [1.82, 2.24) is 24.5 Å². The van der Waals surface area contributed by atoms with Gasteiger partial charge in [-0.2, -0.15) is 10.2 Å². The van der Waals surface area contributed by atoms with Gasteiger partial charge in [-0.1, -0.05) is 91.0 Å². The van der Waals surface area contributed by atoms with Crippen molar-refractivity contribution in [2.24, 2.45) is 12.5 Å². The SMILES string of the molecule is Cn1cc(-c2nn(C(c3ccccc3)(c3ccccc3)c3ccccc3)c3ccc(N4CCC5(CCN(C(=O)O)C5)C4=O)cc23)cn1. The minimum absolute atomic E-state index is 0.0110. The predicted molar refractivity (Wildman–Crippen MR) is 180 cm³/mol. The molecule has 0 aliphatic carbocycles. The molecule has 6 aromatic rings. The molecule has 2 fully saturated rings. The predicted octanol–water partition coefficient (Wildman–Crippen LogP) is 6.38. The van der Waals surface area contributed by atoms with Gasteiger partial charge in [0.2, 0.25) is 5.91 Å². The van der Waals surface area contributed by atoms with Crippen LogP contribution in [0.2, 0.25) is 0 Å². The molecule has 234 valence electrons. The summed E-state index contributed by atoms with van der Waals surface area (Å²) in [4.78, 5) is 28.9. The molecule has 2 saturated heterocycles. The van der Waals surface area contributed by atoms with E-state index >= 15 is 0 Å². The molecule has 1 N–H and O–H groups in total. The van der Waals surface area contributed by atoms with Gasteiger partial charge in [0.1, 0.15) is 11.2 Å². The molecule has 4 heterocycles. The summed E-state index contributed by atoms with van der Waals surface area (Å²) in [5.41, 5.74) is 4.99. The highest BCUT2D eigenvalue weighted by Gasteiger charge is 2.52. The first kappa shape index (κ1) is 28.8. The summed E-state index contributed by atoms with van der Waals surface area (Å²) < 4.78 is 3.90. The van der Waals surface area contributed by atoms with Gasteiger partial charge < -0.3 is 14.9 Å². The van der Waals surface area contributed by atoms with Crippen molar-refractivity contribution in [2.45, 2.75) is 18.4 Å². The van der Waals surface area contributed by atoms with Gasteiger partial charge in [-0.15, -0.1) is 0 Å². The normalized spacial score (nSPS) is 18.1.